The fourth-order valence-electron chi connectivity index (χ4n) is 2.47. The highest BCUT2D eigenvalue weighted by atomic mass is 16.5. The van der Waals surface area contributed by atoms with E-state index in [0.717, 1.165) is 23.2 Å². The third-order valence-electron chi connectivity index (χ3n) is 4.15. The highest BCUT2D eigenvalue weighted by Crippen LogP contribution is 2.18. The van der Waals surface area contributed by atoms with Gasteiger partial charge in [-0.1, -0.05) is 19.1 Å². The molecular weight excluding hydrogens is 304 g/mol. The first-order valence-corrected chi connectivity index (χ1v) is 8.07. The lowest BCUT2D eigenvalue weighted by Crippen LogP contribution is -2.37. The number of aromatic nitrogens is 1. The number of nitrogens with one attached hydrogen (secondary N) is 2. The smallest absolute Gasteiger partial charge is 0.256 e. The van der Waals surface area contributed by atoms with Gasteiger partial charge >= 0.3 is 0 Å². The normalized spacial score (nSPS) is 12.0. The van der Waals surface area contributed by atoms with Crippen molar-refractivity contribution in [1.29, 1.82) is 0 Å². The first-order valence-electron chi connectivity index (χ1n) is 8.07. The van der Waals surface area contributed by atoms with E-state index in [2.05, 4.69) is 10.3 Å². The second kappa shape index (κ2) is 7.93. The average molecular weight is 328 g/mol. The minimum atomic E-state index is -0.139. The summed E-state index contributed by atoms with van der Waals surface area (Å²) in [6, 6.07) is 8.92. The Labute approximate surface area is 142 Å². The molecule has 1 heterocycles. The van der Waals surface area contributed by atoms with Crippen molar-refractivity contribution in [3.05, 3.63) is 57.5 Å². The number of rotatable bonds is 6. The summed E-state index contributed by atoms with van der Waals surface area (Å²) in [5.74, 6) is -0.139. The number of pyridine rings is 1. The van der Waals surface area contributed by atoms with Crippen LogP contribution in [0, 0.1) is 13.8 Å². The summed E-state index contributed by atoms with van der Waals surface area (Å²) in [4.78, 5) is 27.2. The van der Waals surface area contributed by atoms with Gasteiger partial charge < -0.3 is 15.0 Å². The van der Waals surface area contributed by atoms with Crippen molar-refractivity contribution in [2.45, 2.75) is 33.2 Å². The first-order chi connectivity index (χ1) is 11.5. The Morgan fingerprint density at radius 1 is 1.25 bits per heavy atom. The van der Waals surface area contributed by atoms with Gasteiger partial charge in [0.15, 0.2) is 0 Å². The van der Waals surface area contributed by atoms with Gasteiger partial charge in [0.25, 0.3) is 11.5 Å². The van der Waals surface area contributed by atoms with Crippen LogP contribution < -0.4 is 10.9 Å². The van der Waals surface area contributed by atoms with Crippen molar-refractivity contribution < 1.29 is 9.53 Å². The number of ether oxygens (including phenoxy) is 1. The van der Waals surface area contributed by atoms with Crippen LogP contribution in [-0.2, 0) is 4.74 Å². The summed E-state index contributed by atoms with van der Waals surface area (Å²) in [5, 5.41) is 2.94. The summed E-state index contributed by atoms with van der Waals surface area (Å²) in [6.07, 6.45) is 0.801. The number of hydrogen-bond acceptors (Lipinski definition) is 3. The molecule has 2 N–H and O–H groups in total. The van der Waals surface area contributed by atoms with Crippen LogP contribution in [-0.4, -0.2) is 30.6 Å². The van der Waals surface area contributed by atoms with E-state index >= 15 is 0 Å². The SMILES string of the molecule is CC[C@@H](COC)NC(=O)c1ccc(-c2cc(C)c(C)[nH]c2=O)cc1. The molecule has 2 rings (SSSR count). The van der Waals surface area contributed by atoms with Crippen LogP contribution >= 0.6 is 0 Å². The predicted molar refractivity (Wildman–Crippen MR) is 95.4 cm³/mol. The molecule has 0 unspecified atom stereocenters. The molecular formula is C19H24N2O3. The Balaban J connectivity index is 2.20. The second-order valence-electron chi connectivity index (χ2n) is 5.93. The number of aryl methyl sites for hydroxylation is 2. The molecule has 1 aromatic heterocycles. The van der Waals surface area contributed by atoms with Crippen molar-refractivity contribution in [2.24, 2.45) is 0 Å². The standard InChI is InChI=1S/C19H24N2O3/c1-5-16(11-24-4)21-18(22)15-8-6-14(7-9-15)17-10-12(2)13(3)20-19(17)23/h6-10,16H,5,11H2,1-4H3,(H,20,23)(H,21,22)/t16-/m0/s1. The maximum atomic E-state index is 12.3. The molecule has 0 fully saturated rings. The van der Waals surface area contributed by atoms with Crippen LogP contribution in [0.1, 0.15) is 35.0 Å². The van der Waals surface area contributed by atoms with Gasteiger partial charge in [0.1, 0.15) is 0 Å². The van der Waals surface area contributed by atoms with Gasteiger partial charge in [-0.05, 0) is 49.6 Å². The molecule has 5 nitrogen and oxygen atoms in total. The Bertz CT molecular complexity index is 763. The zero-order chi connectivity index (χ0) is 17.7. The van der Waals surface area contributed by atoms with Crippen molar-refractivity contribution in [2.75, 3.05) is 13.7 Å². The summed E-state index contributed by atoms with van der Waals surface area (Å²) >= 11 is 0. The molecule has 24 heavy (non-hydrogen) atoms. The predicted octanol–water partition coefficient (Wildman–Crippen LogP) is 2.81. The lowest BCUT2D eigenvalue weighted by Gasteiger charge is -2.16. The highest BCUT2D eigenvalue weighted by Gasteiger charge is 2.13. The molecule has 1 aromatic carbocycles. The third-order valence-corrected chi connectivity index (χ3v) is 4.15. The minimum Gasteiger partial charge on any atom is -0.383 e. The van der Waals surface area contributed by atoms with Gasteiger partial charge in [0.05, 0.1) is 12.6 Å². The van der Waals surface area contributed by atoms with Gasteiger partial charge in [-0.15, -0.1) is 0 Å². The van der Waals surface area contributed by atoms with Crippen molar-refractivity contribution in [3.8, 4) is 11.1 Å². The Kier molecular flexibility index (Phi) is 5.93. The molecule has 2 aromatic rings. The van der Waals surface area contributed by atoms with Crippen molar-refractivity contribution in [3.63, 3.8) is 0 Å². The topological polar surface area (TPSA) is 71.2 Å². The van der Waals surface area contributed by atoms with Crippen LogP contribution in [0.4, 0.5) is 0 Å². The zero-order valence-electron chi connectivity index (χ0n) is 14.6. The summed E-state index contributed by atoms with van der Waals surface area (Å²) < 4.78 is 5.09. The molecule has 5 heteroatoms. The molecule has 0 spiro atoms. The Hall–Kier alpha value is -2.40. The third kappa shape index (κ3) is 4.11. The maximum absolute atomic E-state index is 12.3. The molecule has 1 atom stereocenters. The van der Waals surface area contributed by atoms with E-state index in [1.807, 2.05) is 26.8 Å². The van der Waals surface area contributed by atoms with E-state index in [-0.39, 0.29) is 17.5 Å². The molecule has 0 aliphatic carbocycles. The van der Waals surface area contributed by atoms with E-state index in [4.69, 9.17) is 4.74 Å². The molecule has 0 bridgehead atoms. The number of H-pyrrole nitrogens is 1. The summed E-state index contributed by atoms with van der Waals surface area (Å²) in [6.45, 7) is 6.31. The maximum Gasteiger partial charge on any atom is 0.256 e. The van der Waals surface area contributed by atoms with Crippen molar-refractivity contribution in [1.82, 2.24) is 10.3 Å². The van der Waals surface area contributed by atoms with E-state index in [1.165, 1.54) is 0 Å². The fraction of sp³-hybridized carbons (Fsp3) is 0.368. The second-order valence-corrected chi connectivity index (χ2v) is 5.93. The van der Waals surface area contributed by atoms with E-state index < -0.39 is 0 Å². The molecule has 128 valence electrons. The fourth-order valence-corrected chi connectivity index (χ4v) is 2.47. The number of amides is 1. The number of carbonyl (C=O) groups is 1. The van der Waals surface area contributed by atoms with Gasteiger partial charge in [0.2, 0.25) is 0 Å². The Morgan fingerprint density at radius 2 is 1.92 bits per heavy atom. The average Bonchev–Trinajstić information content (AvgIpc) is 2.57. The number of carbonyl (C=O) groups excluding carboxylic acids is 1. The van der Waals surface area contributed by atoms with E-state index in [9.17, 15) is 9.59 Å². The van der Waals surface area contributed by atoms with Crippen LogP contribution in [0.5, 0.6) is 0 Å². The lowest BCUT2D eigenvalue weighted by atomic mass is 10.0. The number of methoxy groups -OCH3 is 1. The molecule has 0 saturated heterocycles. The van der Waals surface area contributed by atoms with Gasteiger partial charge in [-0.2, -0.15) is 0 Å². The number of hydrogen-bond donors (Lipinski definition) is 2. The van der Waals surface area contributed by atoms with E-state index in [0.29, 0.717) is 17.7 Å². The number of aromatic amines is 1. The summed E-state index contributed by atoms with van der Waals surface area (Å²) in [7, 11) is 1.62. The first kappa shape index (κ1) is 17.9. The van der Waals surface area contributed by atoms with Crippen LogP contribution in [0.2, 0.25) is 0 Å². The molecule has 0 aliphatic heterocycles. The van der Waals surface area contributed by atoms with E-state index in [1.54, 1.807) is 31.4 Å². The lowest BCUT2D eigenvalue weighted by molar-refractivity contribution is 0.0894. The highest BCUT2D eigenvalue weighted by molar-refractivity contribution is 5.94. The summed E-state index contributed by atoms with van der Waals surface area (Å²) in [5.41, 5.74) is 3.73. The largest absolute Gasteiger partial charge is 0.383 e. The molecule has 0 saturated carbocycles. The molecule has 1 amide bonds. The van der Waals surface area contributed by atoms with Crippen LogP contribution in [0.3, 0.4) is 0 Å². The zero-order valence-corrected chi connectivity index (χ0v) is 14.6. The quantitative estimate of drug-likeness (QED) is 0.856. The molecule has 0 aliphatic rings. The van der Waals surface area contributed by atoms with Crippen molar-refractivity contribution >= 4 is 5.91 Å². The molecule has 0 radical (unpaired) electrons. The van der Waals surface area contributed by atoms with Gasteiger partial charge in [0, 0.05) is 23.9 Å². The Morgan fingerprint density at radius 3 is 2.50 bits per heavy atom. The monoisotopic (exact) mass is 328 g/mol. The number of benzene rings is 1. The van der Waals surface area contributed by atoms with Crippen LogP contribution in [0.15, 0.2) is 35.1 Å². The van der Waals surface area contributed by atoms with Crippen LogP contribution in [0.25, 0.3) is 11.1 Å². The minimum absolute atomic E-state index is 0.00947. The van der Waals surface area contributed by atoms with Gasteiger partial charge in [-0.25, -0.2) is 0 Å². The van der Waals surface area contributed by atoms with Gasteiger partial charge in [-0.3, -0.25) is 9.59 Å².